The van der Waals surface area contributed by atoms with Crippen molar-refractivity contribution in [3.63, 3.8) is 0 Å². The summed E-state index contributed by atoms with van der Waals surface area (Å²) in [4.78, 5) is 1.41. The van der Waals surface area contributed by atoms with Crippen LogP contribution in [0.25, 0.3) is 0 Å². The van der Waals surface area contributed by atoms with Crippen LogP contribution in [-0.4, -0.2) is 49.3 Å². The van der Waals surface area contributed by atoms with Crippen LogP contribution in [0, 0.1) is 0 Å². The van der Waals surface area contributed by atoms with E-state index in [4.69, 9.17) is 33.0 Å². The maximum atomic E-state index is 12.3. The van der Waals surface area contributed by atoms with E-state index in [9.17, 15) is 8.78 Å². The Kier molecular flexibility index (Phi) is 7.38. The summed E-state index contributed by atoms with van der Waals surface area (Å²) < 4.78 is 30.0. The lowest BCUT2D eigenvalue weighted by Gasteiger charge is -2.21. The standard InChI is InChI=1S/C12H15Cl2F2NO2/c13-9-2-1-3-10(14)12(9)19-7-5-17(4-6-18)8-11(15)16/h1-3,11,18H,4-8H2. The van der Waals surface area contributed by atoms with Gasteiger partial charge in [0.1, 0.15) is 6.61 Å². The van der Waals surface area contributed by atoms with Gasteiger partial charge in [-0.25, -0.2) is 8.78 Å². The third-order valence-electron chi connectivity index (χ3n) is 2.39. The molecule has 1 rings (SSSR count). The Morgan fingerprint density at radius 2 is 1.84 bits per heavy atom. The molecule has 0 atom stereocenters. The molecule has 0 unspecified atom stereocenters. The quantitative estimate of drug-likeness (QED) is 0.801. The average molecular weight is 314 g/mol. The molecule has 0 saturated heterocycles. The van der Waals surface area contributed by atoms with Crippen LogP contribution < -0.4 is 4.74 Å². The van der Waals surface area contributed by atoms with Gasteiger partial charge >= 0.3 is 0 Å². The van der Waals surface area contributed by atoms with Gasteiger partial charge in [-0.15, -0.1) is 0 Å². The van der Waals surface area contributed by atoms with Crippen LogP contribution in [0.1, 0.15) is 0 Å². The number of nitrogens with zero attached hydrogens (tertiary/aromatic N) is 1. The number of halogens is 4. The van der Waals surface area contributed by atoms with Crippen molar-refractivity contribution in [2.24, 2.45) is 0 Å². The second-order valence-electron chi connectivity index (χ2n) is 3.81. The summed E-state index contributed by atoms with van der Waals surface area (Å²) in [5.41, 5.74) is 0. The summed E-state index contributed by atoms with van der Waals surface area (Å²) in [6, 6.07) is 4.95. The lowest BCUT2D eigenvalue weighted by Crippen LogP contribution is -2.35. The van der Waals surface area contributed by atoms with Crippen molar-refractivity contribution >= 4 is 23.2 Å². The van der Waals surface area contributed by atoms with Gasteiger partial charge in [0.05, 0.1) is 23.2 Å². The average Bonchev–Trinajstić information content (AvgIpc) is 2.32. The summed E-state index contributed by atoms with van der Waals surface area (Å²) in [7, 11) is 0. The highest BCUT2D eigenvalue weighted by atomic mass is 35.5. The molecule has 108 valence electrons. The summed E-state index contributed by atoms with van der Waals surface area (Å²) in [6.45, 7) is 0.00627. The Morgan fingerprint density at radius 1 is 1.21 bits per heavy atom. The molecule has 0 bridgehead atoms. The number of aliphatic hydroxyl groups excluding tert-OH is 1. The Bertz CT molecular complexity index is 374. The van der Waals surface area contributed by atoms with Gasteiger partial charge in [-0.05, 0) is 12.1 Å². The molecular weight excluding hydrogens is 299 g/mol. The number of ether oxygens (including phenoxy) is 1. The van der Waals surface area contributed by atoms with Crippen LogP contribution in [0.3, 0.4) is 0 Å². The fourth-order valence-electron chi connectivity index (χ4n) is 1.53. The Labute approximate surface area is 120 Å². The Balaban J connectivity index is 2.47. The van der Waals surface area contributed by atoms with Gasteiger partial charge in [0, 0.05) is 13.1 Å². The zero-order chi connectivity index (χ0) is 14.3. The first-order chi connectivity index (χ1) is 9.04. The van der Waals surface area contributed by atoms with Gasteiger partial charge in [-0.3, -0.25) is 4.90 Å². The SMILES string of the molecule is OCCN(CCOc1c(Cl)cccc1Cl)CC(F)F. The number of alkyl halides is 2. The second kappa shape index (κ2) is 8.53. The van der Waals surface area contributed by atoms with Crippen molar-refractivity contribution in [1.82, 2.24) is 4.90 Å². The molecule has 3 nitrogen and oxygen atoms in total. The fourth-order valence-corrected chi connectivity index (χ4v) is 2.03. The van der Waals surface area contributed by atoms with Gasteiger partial charge in [-0.2, -0.15) is 0 Å². The minimum atomic E-state index is -2.45. The molecule has 0 fully saturated rings. The zero-order valence-electron chi connectivity index (χ0n) is 10.2. The van der Waals surface area contributed by atoms with Crippen molar-refractivity contribution in [2.75, 3.05) is 32.8 Å². The molecule has 0 aromatic heterocycles. The molecular formula is C12H15Cl2F2NO2. The topological polar surface area (TPSA) is 32.7 Å². The number of para-hydroxylation sites is 1. The normalized spacial score (nSPS) is 11.3. The first-order valence-corrected chi connectivity index (χ1v) is 6.48. The predicted octanol–water partition coefficient (Wildman–Crippen LogP) is 2.93. The third kappa shape index (κ3) is 5.91. The van der Waals surface area contributed by atoms with E-state index in [1.165, 1.54) is 4.90 Å². The Morgan fingerprint density at radius 3 is 2.37 bits per heavy atom. The molecule has 0 spiro atoms. The summed E-state index contributed by atoms with van der Waals surface area (Å²) in [5.74, 6) is 0.340. The molecule has 0 amide bonds. The molecule has 0 aliphatic carbocycles. The van der Waals surface area contributed by atoms with Crippen molar-refractivity contribution in [3.8, 4) is 5.75 Å². The third-order valence-corrected chi connectivity index (χ3v) is 2.98. The highest BCUT2D eigenvalue weighted by Crippen LogP contribution is 2.32. The number of hydrogen-bond acceptors (Lipinski definition) is 3. The highest BCUT2D eigenvalue weighted by Gasteiger charge is 2.12. The van der Waals surface area contributed by atoms with E-state index in [2.05, 4.69) is 0 Å². The monoisotopic (exact) mass is 313 g/mol. The maximum Gasteiger partial charge on any atom is 0.251 e. The lowest BCUT2D eigenvalue weighted by molar-refractivity contribution is 0.0709. The van der Waals surface area contributed by atoms with Crippen LogP contribution in [0.5, 0.6) is 5.75 Å². The smallest absolute Gasteiger partial charge is 0.251 e. The molecule has 0 radical (unpaired) electrons. The molecule has 0 heterocycles. The molecule has 0 aliphatic heterocycles. The van der Waals surface area contributed by atoms with E-state index >= 15 is 0 Å². The van der Waals surface area contributed by atoms with Crippen LogP contribution in [0.2, 0.25) is 10.0 Å². The van der Waals surface area contributed by atoms with E-state index < -0.39 is 13.0 Å². The molecule has 1 aromatic rings. The molecule has 0 saturated carbocycles. The molecule has 0 aliphatic rings. The number of hydrogen-bond donors (Lipinski definition) is 1. The number of rotatable bonds is 8. The molecule has 1 aromatic carbocycles. The van der Waals surface area contributed by atoms with Gasteiger partial charge in [0.25, 0.3) is 6.43 Å². The first-order valence-electron chi connectivity index (χ1n) is 5.72. The van der Waals surface area contributed by atoms with E-state index in [0.29, 0.717) is 15.8 Å². The highest BCUT2D eigenvalue weighted by molar-refractivity contribution is 6.37. The molecule has 1 N–H and O–H groups in total. The predicted molar refractivity (Wildman–Crippen MR) is 71.5 cm³/mol. The van der Waals surface area contributed by atoms with Crippen LogP contribution in [0.15, 0.2) is 18.2 Å². The van der Waals surface area contributed by atoms with Crippen LogP contribution >= 0.6 is 23.2 Å². The first kappa shape index (κ1) is 16.4. The minimum Gasteiger partial charge on any atom is -0.489 e. The van der Waals surface area contributed by atoms with E-state index in [1.807, 2.05) is 0 Å². The molecule has 7 heteroatoms. The Hall–Kier alpha value is -0.620. The van der Waals surface area contributed by atoms with Crippen molar-refractivity contribution in [3.05, 3.63) is 28.2 Å². The number of benzene rings is 1. The maximum absolute atomic E-state index is 12.3. The largest absolute Gasteiger partial charge is 0.489 e. The van der Waals surface area contributed by atoms with E-state index in [-0.39, 0.29) is 26.3 Å². The van der Waals surface area contributed by atoms with Crippen molar-refractivity contribution in [2.45, 2.75) is 6.43 Å². The van der Waals surface area contributed by atoms with Crippen LogP contribution in [0.4, 0.5) is 8.78 Å². The minimum absolute atomic E-state index is 0.163. The van der Waals surface area contributed by atoms with Crippen molar-refractivity contribution < 1.29 is 18.6 Å². The van der Waals surface area contributed by atoms with Gasteiger partial charge in [0.15, 0.2) is 5.75 Å². The molecule has 19 heavy (non-hydrogen) atoms. The van der Waals surface area contributed by atoms with E-state index in [1.54, 1.807) is 18.2 Å². The second-order valence-corrected chi connectivity index (χ2v) is 4.63. The van der Waals surface area contributed by atoms with E-state index in [0.717, 1.165) is 0 Å². The van der Waals surface area contributed by atoms with Crippen molar-refractivity contribution in [1.29, 1.82) is 0 Å². The fraction of sp³-hybridized carbons (Fsp3) is 0.500. The zero-order valence-corrected chi connectivity index (χ0v) is 11.7. The van der Waals surface area contributed by atoms with Gasteiger partial charge in [0.2, 0.25) is 0 Å². The van der Waals surface area contributed by atoms with Gasteiger partial charge < -0.3 is 9.84 Å². The lowest BCUT2D eigenvalue weighted by atomic mass is 10.3. The summed E-state index contributed by atoms with van der Waals surface area (Å²) in [5, 5.41) is 9.53. The summed E-state index contributed by atoms with van der Waals surface area (Å²) >= 11 is 11.8. The van der Waals surface area contributed by atoms with Gasteiger partial charge in [-0.1, -0.05) is 29.3 Å². The number of aliphatic hydroxyl groups is 1. The summed E-state index contributed by atoms with van der Waals surface area (Å²) in [6.07, 6.45) is -2.45. The van der Waals surface area contributed by atoms with Crippen LogP contribution in [-0.2, 0) is 0 Å².